The van der Waals surface area contributed by atoms with E-state index in [0.29, 0.717) is 26.2 Å². The van der Waals surface area contributed by atoms with Gasteiger partial charge in [-0.15, -0.1) is 0 Å². The second kappa shape index (κ2) is 8.64. The van der Waals surface area contributed by atoms with Crippen molar-refractivity contribution >= 4 is 17.3 Å². The van der Waals surface area contributed by atoms with Gasteiger partial charge in [-0.1, -0.05) is 12.1 Å². The highest BCUT2D eigenvalue weighted by atomic mass is 16.6. The summed E-state index contributed by atoms with van der Waals surface area (Å²) in [5, 5.41) is 3.32. The maximum Gasteiger partial charge on any atom is 0.224 e. The number of piperazine rings is 1. The van der Waals surface area contributed by atoms with Gasteiger partial charge < -0.3 is 24.6 Å². The van der Waals surface area contributed by atoms with Gasteiger partial charge in [0.25, 0.3) is 0 Å². The maximum atomic E-state index is 12.6. The van der Waals surface area contributed by atoms with Crippen LogP contribution < -0.4 is 19.7 Å². The number of ether oxygens (including phenoxy) is 2. The number of amides is 1. The highest BCUT2D eigenvalue weighted by molar-refractivity contribution is 5.77. The Morgan fingerprint density at radius 2 is 1.76 bits per heavy atom. The predicted molar refractivity (Wildman–Crippen MR) is 115 cm³/mol. The molecule has 2 aliphatic rings. The molecule has 2 aliphatic heterocycles. The molecule has 0 aliphatic carbocycles. The third kappa shape index (κ3) is 4.42. The second-order valence-electron chi connectivity index (χ2n) is 7.62. The number of benzene rings is 2. The number of carbonyl (C=O) groups excluding carboxylic acids is 1. The van der Waals surface area contributed by atoms with Gasteiger partial charge in [-0.25, -0.2) is 0 Å². The molecular weight excluding hydrogens is 366 g/mol. The standard InChI is InChI=1S/C23H29N3O3/c1-17-4-3-5-20(18(17)2)25-10-12-26(13-11-25)23(27)8-9-24-19-6-7-21-22(16-19)29-15-14-28-21/h3-7,16,24H,8-15H2,1-2H3. The summed E-state index contributed by atoms with van der Waals surface area (Å²) < 4.78 is 11.1. The molecule has 2 heterocycles. The number of hydrogen-bond donors (Lipinski definition) is 1. The van der Waals surface area contributed by atoms with E-state index in [0.717, 1.165) is 43.4 Å². The van der Waals surface area contributed by atoms with Crippen LogP contribution >= 0.6 is 0 Å². The molecule has 1 N–H and O–H groups in total. The summed E-state index contributed by atoms with van der Waals surface area (Å²) in [4.78, 5) is 17.0. The number of nitrogens with one attached hydrogen (secondary N) is 1. The van der Waals surface area contributed by atoms with E-state index < -0.39 is 0 Å². The monoisotopic (exact) mass is 395 g/mol. The minimum absolute atomic E-state index is 0.204. The zero-order chi connectivity index (χ0) is 20.2. The summed E-state index contributed by atoms with van der Waals surface area (Å²) in [7, 11) is 0. The van der Waals surface area contributed by atoms with Gasteiger partial charge in [0.1, 0.15) is 13.2 Å². The average Bonchev–Trinajstić information content (AvgIpc) is 2.75. The highest BCUT2D eigenvalue weighted by Gasteiger charge is 2.22. The maximum absolute atomic E-state index is 12.6. The van der Waals surface area contributed by atoms with Gasteiger partial charge >= 0.3 is 0 Å². The minimum Gasteiger partial charge on any atom is -0.486 e. The van der Waals surface area contributed by atoms with Crippen LogP contribution in [0.15, 0.2) is 36.4 Å². The van der Waals surface area contributed by atoms with Crippen LogP contribution in [0.5, 0.6) is 11.5 Å². The zero-order valence-corrected chi connectivity index (χ0v) is 17.2. The van der Waals surface area contributed by atoms with Crippen molar-refractivity contribution in [2.45, 2.75) is 20.3 Å². The first-order valence-electron chi connectivity index (χ1n) is 10.3. The quantitative estimate of drug-likeness (QED) is 0.842. The van der Waals surface area contributed by atoms with E-state index in [-0.39, 0.29) is 5.91 Å². The minimum atomic E-state index is 0.204. The SMILES string of the molecule is Cc1cccc(N2CCN(C(=O)CCNc3ccc4c(c3)OCCO4)CC2)c1C. The Hall–Kier alpha value is -2.89. The van der Waals surface area contributed by atoms with Crippen molar-refractivity contribution in [3.8, 4) is 11.5 Å². The number of anilines is 2. The Bertz CT molecular complexity index is 876. The molecule has 0 unspecified atom stereocenters. The Morgan fingerprint density at radius 3 is 2.55 bits per heavy atom. The van der Waals surface area contributed by atoms with Gasteiger partial charge in [-0.3, -0.25) is 4.79 Å². The van der Waals surface area contributed by atoms with Crippen LogP contribution in [0.1, 0.15) is 17.5 Å². The molecule has 29 heavy (non-hydrogen) atoms. The van der Waals surface area contributed by atoms with E-state index in [2.05, 4.69) is 42.3 Å². The van der Waals surface area contributed by atoms with Crippen molar-refractivity contribution < 1.29 is 14.3 Å². The van der Waals surface area contributed by atoms with Gasteiger partial charge in [-0.05, 0) is 43.2 Å². The molecule has 6 heteroatoms. The number of aryl methyl sites for hydroxylation is 1. The average molecular weight is 396 g/mol. The van der Waals surface area contributed by atoms with E-state index in [1.165, 1.54) is 16.8 Å². The smallest absolute Gasteiger partial charge is 0.224 e. The molecule has 0 spiro atoms. The lowest BCUT2D eigenvalue weighted by Crippen LogP contribution is -2.49. The largest absolute Gasteiger partial charge is 0.486 e. The summed E-state index contributed by atoms with van der Waals surface area (Å²) in [6.07, 6.45) is 0.484. The van der Waals surface area contributed by atoms with Crippen molar-refractivity contribution in [1.29, 1.82) is 0 Å². The fourth-order valence-electron chi connectivity index (χ4n) is 3.90. The molecule has 0 atom stereocenters. The molecule has 0 radical (unpaired) electrons. The van der Waals surface area contributed by atoms with Gasteiger partial charge in [0, 0.05) is 56.6 Å². The second-order valence-corrected chi connectivity index (χ2v) is 7.62. The van der Waals surface area contributed by atoms with Crippen LogP contribution in [0, 0.1) is 13.8 Å². The summed E-state index contributed by atoms with van der Waals surface area (Å²) in [5.74, 6) is 1.74. The van der Waals surface area contributed by atoms with Gasteiger partial charge in [-0.2, -0.15) is 0 Å². The lowest BCUT2D eigenvalue weighted by Gasteiger charge is -2.37. The Kier molecular flexibility index (Phi) is 5.79. The van der Waals surface area contributed by atoms with Crippen LogP contribution in [0.2, 0.25) is 0 Å². The predicted octanol–water partition coefficient (Wildman–Crippen LogP) is 3.23. The van der Waals surface area contributed by atoms with Crippen LogP contribution in [-0.2, 0) is 4.79 Å². The number of carbonyl (C=O) groups is 1. The third-order valence-corrected chi connectivity index (χ3v) is 5.76. The van der Waals surface area contributed by atoms with Crippen molar-refractivity contribution in [2.75, 3.05) is 56.2 Å². The van der Waals surface area contributed by atoms with Crippen molar-refractivity contribution in [3.05, 3.63) is 47.5 Å². The summed E-state index contributed by atoms with van der Waals surface area (Å²) in [5.41, 5.74) is 4.88. The summed E-state index contributed by atoms with van der Waals surface area (Å²) >= 11 is 0. The number of hydrogen-bond acceptors (Lipinski definition) is 5. The first-order valence-corrected chi connectivity index (χ1v) is 10.3. The Morgan fingerprint density at radius 1 is 1.00 bits per heavy atom. The molecule has 0 aromatic heterocycles. The lowest BCUT2D eigenvalue weighted by atomic mass is 10.1. The van der Waals surface area contributed by atoms with Crippen molar-refractivity contribution in [2.24, 2.45) is 0 Å². The summed E-state index contributed by atoms with van der Waals surface area (Å²) in [6.45, 7) is 9.40. The van der Waals surface area contributed by atoms with Gasteiger partial charge in [0.2, 0.25) is 5.91 Å². The first-order chi connectivity index (χ1) is 14.1. The summed E-state index contributed by atoms with van der Waals surface area (Å²) in [6, 6.07) is 12.2. The van der Waals surface area contributed by atoms with Crippen LogP contribution in [0.4, 0.5) is 11.4 Å². The molecule has 6 nitrogen and oxygen atoms in total. The van der Waals surface area contributed by atoms with Crippen LogP contribution in [0.25, 0.3) is 0 Å². The number of nitrogens with zero attached hydrogens (tertiary/aromatic N) is 2. The molecule has 1 saturated heterocycles. The molecule has 0 bridgehead atoms. The lowest BCUT2D eigenvalue weighted by molar-refractivity contribution is -0.131. The zero-order valence-electron chi connectivity index (χ0n) is 17.2. The van der Waals surface area contributed by atoms with Crippen LogP contribution in [0.3, 0.4) is 0 Å². The van der Waals surface area contributed by atoms with Crippen molar-refractivity contribution in [3.63, 3.8) is 0 Å². The number of fused-ring (bicyclic) bond motifs is 1. The Balaban J connectivity index is 1.24. The van der Waals surface area contributed by atoms with Crippen molar-refractivity contribution in [1.82, 2.24) is 4.90 Å². The molecule has 1 fully saturated rings. The number of rotatable bonds is 5. The topological polar surface area (TPSA) is 54.0 Å². The fraction of sp³-hybridized carbons (Fsp3) is 0.435. The molecule has 2 aromatic carbocycles. The van der Waals surface area contributed by atoms with E-state index in [4.69, 9.17) is 9.47 Å². The van der Waals surface area contributed by atoms with E-state index in [1.807, 2.05) is 23.1 Å². The molecular formula is C23H29N3O3. The molecule has 2 aromatic rings. The molecule has 154 valence electrons. The fourth-order valence-corrected chi connectivity index (χ4v) is 3.90. The van der Waals surface area contributed by atoms with E-state index >= 15 is 0 Å². The normalized spacial score (nSPS) is 15.9. The Labute approximate surface area is 172 Å². The highest BCUT2D eigenvalue weighted by Crippen LogP contribution is 2.32. The molecule has 1 amide bonds. The molecule has 0 saturated carbocycles. The van der Waals surface area contributed by atoms with Gasteiger partial charge in [0.05, 0.1) is 0 Å². The van der Waals surface area contributed by atoms with E-state index in [9.17, 15) is 4.79 Å². The molecule has 4 rings (SSSR count). The van der Waals surface area contributed by atoms with E-state index in [1.54, 1.807) is 0 Å². The van der Waals surface area contributed by atoms with Gasteiger partial charge in [0.15, 0.2) is 11.5 Å². The third-order valence-electron chi connectivity index (χ3n) is 5.76. The first kappa shape index (κ1) is 19.4. The van der Waals surface area contributed by atoms with Crippen LogP contribution in [-0.4, -0.2) is 56.7 Å².